The lowest BCUT2D eigenvalue weighted by Gasteiger charge is -2.36. The minimum Gasteiger partial charge on any atom is -0.454 e. The van der Waals surface area contributed by atoms with Gasteiger partial charge >= 0.3 is 0 Å². The molecule has 1 fully saturated rings. The van der Waals surface area contributed by atoms with Crippen molar-refractivity contribution in [3.63, 3.8) is 0 Å². The molecule has 0 atom stereocenters. The normalized spacial score (nSPS) is 14.2. The van der Waals surface area contributed by atoms with Crippen LogP contribution in [0, 0.1) is 5.82 Å². The van der Waals surface area contributed by atoms with Gasteiger partial charge in [0.2, 0.25) is 12.7 Å². The van der Waals surface area contributed by atoms with E-state index < -0.39 is 11.7 Å². The number of aromatic nitrogens is 2. The van der Waals surface area contributed by atoms with Crippen molar-refractivity contribution in [3.05, 3.63) is 102 Å². The fourth-order valence-corrected chi connectivity index (χ4v) is 4.97. The summed E-state index contributed by atoms with van der Waals surface area (Å²) >= 11 is 0. The number of benzene rings is 3. The molecule has 0 unspecified atom stereocenters. The van der Waals surface area contributed by atoms with E-state index in [4.69, 9.17) is 9.47 Å². The second-order valence-corrected chi connectivity index (χ2v) is 9.84. The molecule has 3 aromatic carbocycles. The molecule has 6 rings (SSSR count). The Bertz CT molecular complexity index is 1540. The van der Waals surface area contributed by atoms with Crippen LogP contribution in [0.5, 0.6) is 11.5 Å². The Morgan fingerprint density at radius 3 is 2.34 bits per heavy atom. The lowest BCUT2D eigenvalue weighted by atomic mass is 10.1. The third-order valence-electron chi connectivity index (χ3n) is 7.20. The van der Waals surface area contributed by atoms with E-state index in [0.717, 1.165) is 22.6 Å². The highest BCUT2D eigenvalue weighted by molar-refractivity contribution is 5.96. The first kappa shape index (κ1) is 26.2. The Kier molecular flexibility index (Phi) is 7.44. The largest absolute Gasteiger partial charge is 0.454 e. The first-order chi connectivity index (χ1) is 20.0. The zero-order chi connectivity index (χ0) is 28.2. The molecule has 0 N–H and O–H groups in total. The van der Waals surface area contributed by atoms with E-state index in [1.54, 1.807) is 23.1 Å². The number of piperazine rings is 1. The average molecular weight is 554 g/mol. The molecule has 0 spiro atoms. The Morgan fingerprint density at radius 1 is 0.829 bits per heavy atom. The average Bonchev–Trinajstić information content (AvgIpc) is 3.49. The van der Waals surface area contributed by atoms with Crippen molar-refractivity contribution in [3.8, 4) is 22.8 Å². The summed E-state index contributed by atoms with van der Waals surface area (Å²) < 4.78 is 25.4. The maximum atomic E-state index is 14.5. The zero-order valence-electron chi connectivity index (χ0n) is 22.3. The van der Waals surface area contributed by atoms with Crippen molar-refractivity contribution in [2.75, 3.05) is 44.4 Å². The molecule has 0 radical (unpaired) electrons. The molecule has 1 aromatic heterocycles. The van der Waals surface area contributed by atoms with Gasteiger partial charge in [-0.15, -0.1) is 10.2 Å². The van der Waals surface area contributed by atoms with Gasteiger partial charge in [0.25, 0.3) is 5.91 Å². The molecule has 3 heterocycles. The van der Waals surface area contributed by atoms with Crippen LogP contribution in [0.1, 0.15) is 15.9 Å². The third-order valence-corrected chi connectivity index (χ3v) is 7.20. The van der Waals surface area contributed by atoms with Gasteiger partial charge in [0, 0.05) is 38.3 Å². The van der Waals surface area contributed by atoms with Crippen LogP contribution in [0.3, 0.4) is 0 Å². The van der Waals surface area contributed by atoms with Gasteiger partial charge in [0.15, 0.2) is 17.3 Å². The van der Waals surface area contributed by atoms with Crippen LogP contribution < -0.4 is 14.4 Å². The smallest absolute Gasteiger partial charge is 0.257 e. The molecule has 0 bridgehead atoms. The molecule has 2 aliphatic rings. The van der Waals surface area contributed by atoms with Gasteiger partial charge in [-0.05, 0) is 42.0 Å². The summed E-state index contributed by atoms with van der Waals surface area (Å²) in [6.45, 7) is 2.14. The van der Waals surface area contributed by atoms with Gasteiger partial charge < -0.3 is 24.2 Å². The summed E-state index contributed by atoms with van der Waals surface area (Å²) in [4.78, 5) is 32.0. The molecule has 9 nitrogen and oxygen atoms in total. The number of carbonyl (C=O) groups is 2. The van der Waals surface area contributed by atoms with Crippen molar-refractivity contribution in [2.45, 2.75) is 6.54 Å². The van der Waals surface area contributed by atoms with E-state index in [2.05, 4.69) is 15.1 Å². The fraction of sp³-hybridized carbons (Fsp3) is 0.226. The van der Waals surface area contributed by atoms with Gasteiger partial charge in [-0.2, -0.15) is 0 Å². The summed E-state index contributed by atoms with van der Waals surface area (Å²) in [5, 5.41) is 8.77. The molecule has 2 aliphatic heterocycles. The quantitative estimate of drug-likeness (QED) is 0.342. The van der Waals surface area contributed by atoms with E-state index in [1.807, 2.05) is 48.5 Å². The number of rotatable bonds is 7. The van der Waals surface area contributed by atoms with E-state index in [1.165, 1.54) is 23.1 Å². The molecule has 1 saturated heterocycles. The van der Waals surface area contributed by atoms with Crippen molar-refractivity contribution in [1.29, 1.82) is 0 Å². The van der Waals surface area contributed by atoms with Gasteiger partial charge in [0.1, 0.15) is 12.4 Å². The van der Waals surface area contributed by atoms with Gasteiger partial charge in [-0.3, -0.25) is 9.59 Å². The van der Waals surface area contributed by atoms with E-state index >= 15 is 0 Å². The first-order valence-corrected chi connectivity index (χ1v) is 13.4. The maximum Gasteiger partial charge on any atom is 0.257 e. The summed E-state index contributed by atoms with van der Waals surface area (Å²) in [6, 6.07) is 24.9. The number of ether oxygens (including phenoxy) is 2. The summed E-state index contributed by atoms with van der Waals surface area (Å²) in [5.41, 5.74) is 2.46. The predicted octanol–water partition coefficient (Wildman–Crippen LogP) is 4.00. The van der Waals surface area contributed by atoms with Crippen LogP contribution in [0.2, 0.25) is 0 Å². The van der Waals surface area contributed by atoms with Crippen LogP contribution in [-0.4, -0.2) is 71.3 Å². The second-order valence-electron chi connectivity index (χ2n) is 9.84. The second kappa shape index (κ2) is 11.6. The Labute approximate surface area is 236 Å². The third kappa shape index (κ3) is 5.81. The minimum absolute atomic E-state index is 0.0802. The molecule has 4 aromatic rings. The predicted molar refractivity (Wildman–Crippen MR) is 150 cm³/mol. The number of hydrogen-bond donors (Lipinski definition) is 0. The van der Waals surface area contributed by atoms with Gasteiger partial charge in [0.05, 0.1) is 11.3 Å². The fourth-order valence-electron chi connectivity index (χ4n) is 4.97. The molecule has 208 valence electrons. The van der Waals surface area contributed by atoms with Gasteiger partial charge in [-0.1, -0.05) is 48.5 Å². The number of amides is 2. The van der Waals surface area contributed by atoms with Gasteiger partial charge in [-0.25, -0.2) is 4.39 Å². The number of nitrogens with zero attached hydrogens (tertiary/aromatic N) is 5. The molecular weight excluding hydrogens is 525 g/mol. The topological polar surface area (TPSA) is 88.1 Å². The van der Waals surface area contributed by atoms with Crippen LogP contribution in [-0.2, 0) is 11.3 Å². The first-order valence-electron chi connectivity index (χ1n) is 13.4. The lowest BCUT2D eigenvalue weighted by molar-refractivity contribution is -0.132. The standard InChI is InChI=1S/C31H28FN5O4/c32-25-9-5-4-8-24(25)31(39)37(19-22-10-12-27-28(18-22)41-21-40-27)20-30(38)36-16-14-35(15-17-36)29-13-11-26(33-34-29)23-6-2-1-3-7-23/h1-13,18H,14-17,19-21H2. The molecule has 2 amide bonds. The monoisotopic (exact) mass is 553 g/mol. The van der Waals surface area contributed by atoms with Crippen molar-refractivity contribution < 1.29 is 23.5 Å². The summed E-state index contributed by atoms with van der Waals surface area (Å²) in [7, 11) is 0. The highest BCUT2D eigenvalue weighted by atomic mass is 19.1. The number of anilines is 1. The number of fused-ring (bicyclic) bond motifs is 1. The summed E-state index contributed by atoms with van der Waals surface area (Å²) in [6.07, 6.45) is 0. The minimum atomic E-state index is -0.631. The van der Waals surface area contributed by atoms with E-state index in [9.17, 15) is 14.0 Å². The molecule has 0 saturated carbocycles. The molecule has 41 heavy (non-hydrogen) atoms. The SMILES string of the molecule is O=C(CN(Cc1ccc2c(c1)OCO2)C(=O)c1ccccc1F)N1CCN(c2ccc(-c3ccccc3)nn2)CC1. The van der Waals surface area contributed by atoms with Crippen molar-refractivity contribution in [1.82, 2.24) is 20.0 Å². The van der Waals surface area contributed by atoms with Crippen molar-refractivity contribution >= 4 is 17.6 Å². The van der Waals surface area contributed by atoms with Crippen LogP contribution >= 0.6 is 0 Å². The molecular formula is C31H28FN5O4. The van der Waals surface area contributed by atoms with Crippen LogP contribution in [0.15, 0.2) is 84.9 Å². The maximum absolute atomic E-state index is 14.5. The molecule has 0 aliphatic carbocycles. The number of carbonyl (C=O) groups excluding carboxylic acids is 2. The Morgan fingerprint density at radius 2 is 1.59 bits per heavy atom. The zero-order valence-corrected chi connectivity index (χ0v) is 22.3. The highest BCUT2D eigenvalue weighted by Gasteiger charge is 2.27. The van der Waals surface area contributed by atoms with E-state index in [-0.39, 0.29) is 31.4 Å². The molecule has 10 heteroatoms. The summed E-state index contributed by atoms with van der Waals surface area (Å²) in [5.74, 6) is 0.545. The highest BCUT2D eigenvalue weighted by Crippen LogP contribution is 2.33. The van der Waals surface area contributed by atoms with E-state index in [0.29, 0.717) is 37.7 Å². The lowest BCUT2D eigenvalue weighted by Crippen LogP contribution is -2.52. The Balaban J connectivity index is 1.12. The van der Waals surface area contributed by atoms with Crippen LogP contribution in [0.25, 0.3) is 11.3 Å². The van der Waals surface area contributed by atoms with Crippen molar-refractivity contribution in [2.24, 2.45) is 0 Å². The Hall–Kier alpha value is -4.99. The van der Waals surface area contributed by atoms with Crippen LogP contribution in [0.4, 0.5) is 10.2 Å². The number of hydrogen-bond acceptors (Lipinski definition) is 7. The number of halogens is 1.